The fraction of sp³-hybridized carbons (Fsp3) is 0.235. The van der Waals surface area contributed by atoms with E-state index in [0.29, 0.717) is 6.61 Å². The van der Waals surface area contributed by atoms with Crippen molar-refractivity contribution in [1.29, 1.82) is 0 Å². The van der Waals surface area contributed by atoms with E-state index < -0.39 is 0 Å². The molecule has 0 spiro atoms. The van der Waals surface area contributed by atoms with Crippen molar-refractivity contribution >= 4 is 5.65 Å². The van der Waals surface area contributed by atoms with E-state index in [1.54, 1.807) is 0 Å². The molecule has 3 rings (SSSR count). The van der Waals surface area contributed by atoms with Crippen molar-refractivity contribution in [3.63, 3.8) is 0 Å². The number of imidazole rings is 1. The number of ether oxygens (including phenoxy) is 1. The third-order valence-electron chi connectivity index (χ3n) is 3.41. The zero-order valence-corrected chi connectivity index (χ0v) is 12.1. The summed E-state index contributed by atoms with van der Waals surface area (Å²) in [7, 11) is 0. The highest BCUT2D eigenvalue weighted by atomic mass is 16.5. The molecule has 0 aliphatic carbocycles. The highest BCUT2D eigenvalue weighted by Gasteiger charge is 2.06. The van der Waals surface area contributed by atoms with Crippen LogP contribution < -0.4 is 10.1 Å². The lowest BCUT2D eigenvalue weighted by Gasteiger charge is -2.08. The SMILES string of the molecule is Cc1nc2ccccn2c1CNCCOc1ccccc1. The summed E-state index contributed by atoms with van der Waals surface area (Å²) in [6, 6.07) is 15.9. The summed E-state index contributed by atoms with van der Waals surface area (Å²) in [6.07, 6.45) is 2.05. The zero-order chi connectivity index (χ0) is 14.5. The highest BCUT2D eigenvalue weighted by Crippen LogP contribution is 2.11. The summed E-state index contributed by atoms with van der Waals surface area (Å²) in [5.74, 6) is 0.908. The molecule has 0 bridgehead atoms. The first-order valence-corrected chi connectivity index (χ1v) is 7.16. The Hall–Kier alpha value is -2.33. The van der Waals surface area contributed by atoms with Gasteiger partial charge in [-0.25, -0.2) is 4.98 Å². The van der Waals surface area contributed by atoms with Gasteiger partial charge in [0.25, 0.3) is 0 Å². The average molecular weight is 281 g/mol. The molecule has 2 heterocycles. The van der Waals surface area contributed by atoms with Crippen LogP contribution in [0.5, 0.6) is 5.75 Å². The van der Waals surface area contributed by atoms with E-state index in [1.165, 1.54) is 5.69 Å². The molecule has 0 fully saturated rings. The van der Waals surface area contributed by atoms with Gasteiger partial charge in [-0.05, 0) is 31.2 Å². The standard InChI is InChI=1S/C17H19N3O/c1-14-16(20-11-6-5-9-17(20)19-14)13-18-10-12-21-15-7-3-2-4-8-15/h2-9,11,18H,10,12-13H2,1H3. The second kappa shape index (κ2) is 6.41. The van der Waals surface area contributed by atoms with Gasteiger partial charge in [-0.2, -0.15) is 0 Å². The van der Waals surface area contributed by atoms with Crippen LogP contribution in [-0.2, 0) is 6.54 Å². The van der Waals surface area contributed by atoms with Gasteiger partial charge >= 0.3 is 0 Å². The Kier molecular flexibility index (Phi) is 4.17. The predicted molar refractivity (Wildman–Crippen MR) is 83.6 cm³/mol. The number of nitrogens with zero attached hydrogens (tertiary/aromatic N) is 2. The Morgan fingerprint density at radius 1 is 1.10 bits per heavy atom. The van der Waals surface area contributed by atoms with Crippen LogP contribution in [0.25, 0.3) is 5.65 Å². The van der Waals surface area contributed by atoms with Gasteiger partial charge in [-0.1, -0.05) is 24.3 Å². The number of aryl methyl sites for hydroxylation is 1. The van der Waals surface area contributed by atoms with Crippen molar-refractivity contribution in [2.75, 3.05) is 13.2 Å². The van der Waals surface area contributed by atoms with Gasteiger partial charge in [0.2, 0.25) is 0 Å². The van der Waals surface area contributed by atoms with Crippen molar-refractivity contribution in [1.82, 2.24) is 14.7 Å². The monoisotopic (exact) mass is 281 g/mol. The topological polar surface area (TPSA) is 38.6 Å². The number of aromatic nitrogens is 2. The molecule has 3 aromatic rings. The lowest BCUT2D eigenvalue weighted by molar-refractivity contribution is 0.313. The van der Waals surface area contributed by atoms with Crippen LogP contribution in [0, 0.1) is 6.92 Å². The second-order valence-electron chi connectivity index (χ2n) is 4.91. The first-order valence-electron chi connectivity index (χ1n) is 7.16. The number of hydrogen-bond donors (Lipinski definition) is 1. The zero-order valence-electron chi connectivity index (χ0n) is 12.1. The normalized spacial score (nSPS) is 10.9. The number of nitrogens with one attached hydrogen (secondary N) is 1. The molecule has 0 aliphatic heterocycles. The van der Waals surface area contributed by atoms with E-state index >= 15 is 0 Å². The molecule has 1 aromatic carbocycles. The van der Waals surface area contributed by atoms with Crippen molar-refractivity contribution < 1.29 is 4.74 Å². The summed E-state index contributed by atoms with van der Waals surface area (Å²) >= 11 is 0. The summed E-state index contributed by atoms with van der Waals surface area (Å²) in [6.45, 7) is 4.29. The molecule has 0 aliphatic rings. The van der Waals surface area contributed by atoms with Gasteiger partial charge in [-0.3, -0.25) is 0 Å². The van der Waals surface area contributed by atoms with E-state index in [2.05, 4.69) is 14.7 Å². The molecule has 4 heteroatoms. The molecule has 0 radical (unpaired) electrons. The van der Waals surface area contributed by atoms with Gasteiger partial charge in [0.05, 0.1) is 11.4 Å². The van der Waals surface area contributed by atoms with Crippen LogP contribution in [0.15, 0.2) is 54.7 Å². The Labute approximate surface area is 124 Å². The number of rotatable bonds is 6. The van der Waals surface area contributed by atoms with E-state index in [1.807, 2.05) is 61.7 Å². The summed E-state index contributed by atoms with van der Waals surface area (Å²) in [5.41, 5.74) is 3.26. The lowest BCUT2D eigenvalue weighted by atomic mass is 10.3. The van der Waals surface area contributed by atoms with Crippen LogP contribution in [0.4, 0.5) is 0 Å². The van der Waals surface area contributed by atoms with Crippen LogP contribution in [0.3, 0.4) is 0 Å². The molecule has 1 N–H and O–H groups in total. The number of hydrogen-bond acceptors (Lipinski definition) is 3. The number of pyridine rings is 1. The smallest absolute Gasteiger partial charge is 0.137 e. The maximum absolute atomic E-state index is 5.66. The van der Waals surface area contributed by atoms with Gasteiger partial charge in [0, 0.05) is 19.3 Å². The molecule has 21 heavy (non-hydrogen) atoms. The Morgan fingerprint density at radius 2 is 1.90 bits per heavy atom. The van der Waals surface area contributed by atoms with E-state index in [0.717, 1.165) is 30.2 Å². The third-order valence-corrected chi connectivity index (χ3v) is 3.41. The molecular formula is C17H19N3O. The summed E-state index contributed by atoms with van der Waals surface area (Å²) < 4.78 is 7.78. The molecule has 0 saturated carbocycles. The molecule has 0 atom stereocenters. The molecule has 0 amide bonds. The van der Waals surface area contributed by atoms with E-state index in [9.17, 15) is 0 Å². The van der Waals surface area contributed by atoms with Crippen LogP contribution in [0.1, 0.15) is 11.4 Å². The minimum atomic E-state index is 0.653. The van der Waals surface area contributed by atoms with Crippen molar-refractivity contribution in [2.24, 2.45) is 0 Å². The predicted octanol–water partition coefficient (Wildman–Crippen LogP) is 2.81. The minimum absolute atomic E-state index is 0.653. The van der Waals surface area contributed by atoms with Gasteiger partial charge < -0.3 is 14.5 Å². The first kappa shape index (κ1) is 13.6. The average Bonchev–Trinajstić information content (AvgIpc) is 2.84. The van der Waals surface area contributed by atoms with Crippen LogP contribution >= 0.6 is 0 Å². The summed E-state index contributed by atoms with van der Waals surface area (Å²) in [4.78, 5) is 4.55. The molecule has 4 nitrogen and oxygen atoms in total. The number of para-hydroxylation sites is 1. The highest BCUT2D eigenvalue weighted by molar-refractivity contribution is 5.42. The van der Waals surface area contributed by atoms with Gasteiger partial charge in [0.1, 0.15) is 18.0 Å². The Balaban J connectivity index is 1.52. The molecule has 0 saturated heterocycles. The van der Waals surface area contributed by atoms with Gasteiger partial charge in [-0.15, -0.1) is 0 Å². The molecule has 108 valence electrons. The summed E-state index contributed by atoms with van der Waals surface area (Å²) in [5, 5.41) is 3.41. The van der Waals surface area contributed by atoms with Crippen molar-refractivity contribution in [3.05, 3.63) is 66.1 Å². The van der Waals surface area contributed by atoms with Gasteiger partial charge in [0.15, 0.2) is 0 Å². The van der Waals surface area contributed by atoms with Crippen molar-refractivity contribution in [2.45, 2.75) is 13.5 Å². The Morgan fingerprint density at radius 3 is 2.76 bits per heavy atom. The van der Waals surface area contributed by atoms with Crippen LogP contribution in [0.2, 0.25) is 0 Å². The maximum Gasteiger partial charge on any atom is 0.137 e. The fourth-order valence-electron chi connectivity index (χ4n) is 2.34. The molecular weight excluding hydrogens is 262 g/mol. The Bertz CT molecular complexity index is 706. The quantitative estimate of drug-likeness (QED) is 0.706. The third kappa shape index (κ3) is 3.23. The number of benzene rings is 1. The van der Waals surface area contributed by atoms with E-state index in [4.69, 9.17) is 4.74 Å². The maximum atomic E-state index is 5.66. The largest absolute Gasteiger partial charge is 0.492 e. The number of fused-ring (bicyclic) bond motifs is 1. The second-order valence-corrected chi connectivity index (χ2v) is 4.91. The first-order chi connectivity index (χ1) is 10.3. The van der Waals surface area contributed by atoms with Crippen LogP contribution in [-0.4, -0.2) is 22.5 Å². The van der Waals surface area contributed by atoms with E-state index in [-0.39, 0.29) is 0 Å². The lowest BCUT2D eigenvalue weighted by Crippen LogP contribution is -2.21. The molecule has 0 unspecified atom stereocenters. The fourth-order valence-corrected chi connectivity index (χ4v) is 2.34. The molecule has 2 aromatic heterocycles. The van der Waals surface area contributed by atoms with Crippen molar-refractivity contribution in [3.8, 4) is 5.75 Å². The minimum Gasteiger partial charge on any atom is -0.492 e.